The largest absolute Gasteiger partial charge is 0.348 e. The summed E-state index contributed by atoms with van der Waals surface area (Å²) in [5.74, 6) is 0.437. The summed E-state index contributed by atoms with van der Waals surface area (Å²) in [4.78, 5) is 21.8. The van der Waals surface area contributed by atoms with Gasteiger partial charge in [0.2, 0.25) is 5.78 Å². The fraction of sp³-hybridized carbons (Fsp3) is 0.278. The van der Waals surface area contributed by atoms with Gasteiger partial charge in [-0.15, -0.1) is 0 Å². The van der Waals surface area contributed by atoms with E-state index in [1.54, 1.807) is 41.1 Å². The van der Waals surface area contributed by atoms with Crippen molar-refractivity contribution < 1.29 is 4.79 Å². The fourth-order valence-corrected chi connectivity index (χ4v) is 3.69. The van der Waals surface area contributed by atoms with Crippen LogP contribution < -0.4 is 10.6 Å². The minimum absolute atomic E-state index is 0.146. The van der Waals surface area contributed by atoms with Crippen LogP contribution in [0.4, 0.5) is 0 Å². The summed E-state index contributed by atoms with van der Waals surface area (Å²) in [6.07, 6.45) is 6.71. The normalized spacial score (nSPS) is 15.2. The van der Waals surface area contributed by atoms with E-state index in [-0.39, 0.29) is 5.91 Å². The maximum atomic E-state index is 12.3. The molecule has 0 radical (unpaired) electrons. The summed E-state index contributed by atoms with van der Waals surface area (Å²) in [5, 5.41) is 6.29. The van der Waals surface area contributed by atoms with Crippen LogP contribution in [-0.4, -0.2) is 50.8 Å². The predicted octanol–water partition coefficient (Wildman–Crippen LogP) is 1.57. The molecule has 2 N–H and O–H groups in total. The lowest BCUT2D eigenvalue weighted by Gasteiger charge is -2.25. The molecule has 4 rings (SSSR count). The van der Waals surface area contributed by atoms with Gasteiger partial charge in [-0.2, -0.15) is 0 Å². The molecule has 1 aliphatic rings. The number of aromatic nitrogens is 3. The minimum Gasteiger partial charge on any atom is -0.348 e. The van der Waals surface area contributed by atoms with E-state index in [0.717, 1.165) is 31.7 Å². The first-order valence-electron chi connectivity index (χ1n) is 8.57. The van der Waals surface area contributed by atoms with Crippen LogP contribution in [0.1, 0.15) is 15.9 Å². The van der Waals surface area contributed by atoms with Crippen molar-refractivity contribution in [3.05, 3.63) is 60.2 Å². The summed E-state index contributed by atoms with van der Waals surface area (Å²) in [7, 11) is 0. The summed E-state index contributed by atoms with van der Waals surface area (Å²) < 4.78 is 4.10. The number of fused-ring (bicyclic) bond motifs is 1. The molecule has 0 unspecified atom stereocenters. The molecule has 2 aromatic heterocycles. The van der Waals surface area contributed by atoms with Crippen LogP contribution in [-0.2, 0) is 6.54 Å². The highest BCUT2D eigenvalue weighted by atomic mass is 32.2. The van der Waals surface area contributed by atoms with Crippen LogP contribution in [0.25, 0.3) is 5.78 Å². The molecule has 0 atom stereocenters. The standard InChI is InChI=1S/C18H20N6OS/c25-17(15-12-22-18-20-7-8-23(18)13-15)21-11-14-1-3-16(4-2-14)26-24-9-5-19-6-10-24/h1-4,7-8,12-13,19H,5-6,9-11H2,(H,21,25). The molecular formula is C18H20N6OS. The van der Waals surface area contributed by atoms with Crippen molar-refractivity contribution >= 4 is 23.6 Å². The highest BCUT2D eigenvalue weighted by molar-refractivity contribution is 7.97. The van der Waals surface area contributed by atoms with E-state index in [4.69, 9.17) is 0 Å². The Kier molecular flexibility index (Phi) is 5.14. The Hall–Kier alpha value is -2.42. The Morgan fingerprint density at radius 1 is 1.19 bits per heavy atom. The van der Waals surface area contributed by atoms with E-state index in [0.29, 0.717) is 17.9 Å². The Bertz CT molecular complexity index is 888. The van der Waals surface area contributed by atoms with Gasteiger partial charge in [-0.1, -0.05) is 12.1 Å². The molecule has 7 nitrogen and oxygen atoms in total. The third kappa shape index (κ3) is 4.04. The molecule has 0 bridgehead atoms. The fourth-order valence-electron chi connectivity index (χ4n) is 2.77. The van der Waals surface area contributed by atoms with Gasteiger partial charge in [0.25, 0.3) is 5.91 Å². The second-order valence-electron chi connectivity index (χ2n) is 6.07. The van der Waals surface area contributed by atoms with E-state index < -0.39 is 0 Å². The highest BCUT2D eigenvalue weighted by Gasteiger charge is 2.11. The smallest absolute Gasteiger partial charge is 0.254 e. The number of carbonyl (C=O) groups excluding carboxylic acids is 1. The lowest BCUT2D eigenvalue weighted by molar-refractivity contribution is 0.0950. The number of piperazine rings is 1. The van der Waals surface area contributed by atoms with Crippen molar-refractivity contribution in [2.45, 2.75) is 11.4 Å². The number of carbonyl (C=O) groups is 1. The van der Waals surface area contributed by atoms with E-state index in [2.05, 4.69) is 49.2 Å². The number of rotatable bonds is 5. The molecule has 1 aromatic carbocycles. The molecule has 1 aliphatic heterocycles. The zero-order valence-corrected chi connectivity index (χ0v) is 15.1. The number of hydrogen-bond acceptors (Lipinski definition) is 6. The number of nitrogens with zero attached hydrogens (tertiary/aromatic N) is 4. The highest BCUT2D eigenvalue weighted by Crippen LogP contribution is 2.23. The first-order chi connectivity index (χ1) is 12.8. The number of amides is 1. The van der Waals surface area contributed by atoms with Gasteiger partial charge in [0.05, 0.1) is 5.56 Å². The van der Waals surface area contributed by atoms with Gasteiger partial charge in [-0.05, 0) is 29.6 Å². The second-order valence-corrected chi connectivity index (χ2v) is 7.24. The van der Waals surface area contributed by atoms with Crippen LogP contribution in [0.5, 0.6) is 0 Å². The van der Waals surface area contributed by atoms with Crippen molar-refractivity contribution in [3.8, 4) is 0 Å². The molecule has 0 aliphatic carbocycles. The van der Waals surface area contributed by atoms with Crippen LogP contribution in [0, 0.1) is 0 Å². The Morgan fingerprint density at radius 3 is 2.81 bits per heavy atom. The summed E-state index contributed by atoms with van der Waals surface area (Å²) in [6, 6.07) is 8.32. The lowest BCUT2D eigenvalue weighted by Crippen LogP contribution is -2.39. The number of imidazole rings is 1. The van der Waals surface area contributed by atoms with Crippen molar-refractivity contribution in [2.24, 2.45) is 0 Å². The molecule has 0 saturated carbocycles. The number of benzene rings is 1. The molecular weight excluding hydrogens is 348 g/mol. The van der Waals surface area contributed by atoms with Gasteiger partial charge in [-0.25, -0.2) is 14.3 Å². The van der Waals surface area contributed by atoms with Gasteiger partial charge in [0.1, 0.15) is 0 Å². The third-order valence-corrected chi connectivity index (χ3v) is 5.30. The Morgan fingerprint density at radius 2 is 2.00 bits per heavy atom. The van der Waals surface area contributed by atoms with Crippen molar-refractivity contribution in [3.63, 3.8) is 0 Å². The monoisotopic (exact) mass is 368 g/mol. The zero-order chi connectivity index (χ0) is 17.8. The van der Waals surface area contributed by atoms with Crippen molar-refractivity contribution in [2.75, 3.05) is 26.2 Å². The topological polar surface area (TPSA) is 74.6 Å². The maximum Gasteiger partial charge on any atom is 0.254 e. The quantitative estimate of drug-likeness (QED) is 0.666. The molecule has 0 spiro atoms. The summed E-state index contributed by atoms with van der Waals surface area (Å²) in [5.41, 5.74) is 1.58. The van der Waals surface area contributed by atoms with E-state index in [1.165, 1.54) is 4.90 Å². The SMILES string of the molecule is O=C(NCc1ccc(SN2CCNCC2)cc1)c1cnc2nccn2c1. The number of hydrogen-bond donors (Lipinski definition) is 2. The van der Waals surface area contributed by atoms with Gasteiger partial charge < -0.3 is 10.6 Å². The van der Waals surface area contributed by atoms with Crippen molar-refractivity contribution in [1.29, 1.82) is 0 Å². The average Bonchev–Trinajstić information content (AvgIpc) is 3.16. The minimum atomic E-state index is -0.146. The van der Waals surface area contributed by atoms with Gasteiger partial charge in [0.15, 0.2) is 0 Å². The molecule has 3 heterocycles. The first kappa shape index (κ1) is 17.0. The molecule has 3 aromatic rings. The molecule has 8 heteroatoms. The van der Waals surface area contributed by atoms with Crippen LogP contribution in [0.3, 0.4) is 0 Å². The first-order valence-corrected chi connectivity index (χ1v) is 9.35. The van der Waals surface area contributed by atoms with Crippen LogP contribution in [0.15, 0.2) is 53.9 Å². The Balaban J connectivity index is 1.32. The maximum absolute atomic E-state index is 12.3. The van der Waals surface area contributed by atoms with Crippen LogP contribution in [0.2, 0.25) is 0 Å². The predicted molar refractivity (Wildman–Crippen MR) is 101 cm³/mol. The number of nitrogens with one attached hydrogen (secondary N) is 2. The molecule has 26 heavy (non-hydrogen) atoms. The van der Waals surface area contributed by atoms with Gasteiger partial charge in [-0.3, -0.25) is 9.20 Å². The van der Waals surface area contributed by atoms with E-state index >= 15 is 0 Å². The molecule has 1 fully saturated rings. The zero-order valence-electron chi connectivity index (χ0n) is 14.3. The summed E-state index contributed by atoms with van der Waals surface area (Å²) >= 11 is 1.79. The molecule has 134 valence electrons. The summed E-state index contributed by atoms with van der Waals surface area (Å²) in [6.45, 7) is 4.67. The molecule has 1 amide bonds. The van der Waals surface area contributed by atoms with Gasteiger partial charge in [0, 0.05) is 62.4 Å². The van der Waals surface area contributed by atoms with E-state index in [1.807, 2.05) is 0 Å². The Labute approximate surface area is 156 Å². The third-order valence-electron chi connectivity index (χ3n) is 4.19. The molecule has 1 saturated heterocycles. The van der Waals surface area contributed by atoms with E-state index in [9.17, 15) is 4.79 Å². The van der Waals surface area contributed by atoms with Crippen molar-refractivity contribution in [1.82, 2.24) is 29.3 Å². The van der Waals surface area contributed by atoms with Crippen LogP contribution >= 0.6 is 11.9 Å². The van der Waals surface area contributed by atoms with Gasteiger partial charge >= 0.3 is 0 Å². The second kappa shape index (κ2) is 7.86. The lowest BCUT2D eigenvalue weighted by atomic mass is 10.2. The average molecular weight is 368 g/mol.